The molecule has 0 radical (unpaired) electrons. The van der Waals surface area contributed by atoms with Gasteiger partial charge in [0.05, 0.1) is 37.1 Å². The first-order chi connectivity index (χ1) is 9.83. The first kappa shape index (κ1) is 17.2. The van der Waals surface area contributed by atoms with Crippen LogP contribution in [0.4, 0.5) is 0 Å². The second kappa shape index (κ2) is 7.81. The molecular weight excluding hydrogens is 294 g/mol. The van der Waals surface area contributed by atoms with Crippen LogP contribution >= 0.6 is 0 Å². The maximum atomic E-state index is 12.2. The molecule has 0 spiro atoms. The van der Waals surface area contributed by atoms with E-state index in [9.17, 15) is 13.2 Å². The first-order valence-corrected chi connectivity index (χ1v) is 8.51. The molecule has 1 heterocycles. The molecule has 116 valence electrons. The van der Waals surface area contributed by atoms with E-state index in [1.165, 1.54) is 11.2 Å². The third-order valence-corrected chi connectivity index (χ3v) is 3.83. The molecule has 0 fully saturated rings. The van der Waals surface area contributed by atoms with Gasteiger partial charge in [0.25, 0.3) is 0 Å². The van der Waals surface area contributed by atoms with Gasteiger partial charge in [-0.15, -0.1) is 0 Å². The summed E-state index contributed by atoms with van der Waals surface area (Å²) in [5.74, 6) is 0.0501. The Kier molecular flexibility index (Phi) is 6.39. The van der Waals surface area contributed by atoms with Crippen molar-refractivity contribution in [3.63, 3.8) is 0 Å². The maximum absolute atomic E-state index is 12.2. The van der Waals surface area contributed by atoms with Crippen LogP contribution in [-0.4, -0.2) is 43.8 Å². The third-order valence-electron chi connectivity index (χ3n) is 2.85. The molecule has 0 saturated heterocycles. The summed E-state index contributed by atoms with van der Waals surface area (Å²) in [6.45, 7) is 0.433. The molecule has 1 rings (SSSR count). The number of nitrogens with two attached hydrogens (primary N) is 1. The van der Waals surface area contributed by atoms with Crippen molar-refractivity contribution in [2.75, 3.05) is 18.6 Å². The lowest BCUT2D eigenvalue weighted by Crippen LogP contribution is -2.44. The highest BCUT2D eigenvalue weighted by Gasteiger charge is 2.22. The van der Waals surface area contributed by atoms with Crippen LogP contribution in [0.25, 0.3) is 0 Å². The Balaban J connectivity index is 2.67. The van der Waals surface area contributed by atoms with E-state index in [0.717, 1.165) is 6.26 Å². The zero-order valence-corrected chi connectivity index (χ0v) is 12.7. The molecule has 1 amide bonds. The summed E-state index contributed by atoms with van der Waals surface area (Å²) in [5, 5.41) is 8.65. The summed E-state index contributed by atoms with van der Waals surface area (Å²) in [7, 11) is -3.17. The number of amides is 1. The lowest BCUT2D eigenvalue weighted by Gasteiger charge is -2.24. The summed E-state index contributed by atoms with van der Waals surface area (Å²) >= 11 is 0. The smallest absolute Gasteiger partial charge is 0.239 e. The summed E-state index contributed by atoms with van der Waals surface area (Å²) in [4.78, 5) is 13.7. The maximum Gasteiger partial charge on any atom is 0.239 e. The first-order valence-electron chi connectivity index (χ1n) is 6.45. The van der Waals surface area contributed by atoms with Crippen LogP contribution in [0.3, 0.4) is 0 Å². The standard InChI is InChI=1S/C13H19N3O4S/c1-21(18,19)9-5-12(15)13(17)16(7-3-6-14)10-11-4-2-8-20-11/h2,4,8,12H,3,5,7,9-10,15H2,1H3. The quantitative estimate of drug-likeness (QED) is 0.736. The predicted molar refractivity (Wildman–Crippen MR) is 76.7 cm³/mol. The Bertz CT molecular complexity index is 589. The van der Waals surface area contributed by atoms with Crippen molar-refractivity contribution >= 4 is 15.7 Å². The normalized spacial score (nSPS) is 12.6. The number of rotatable bonds is 8. The molecule has 7 nitrogen and oxygen atoms in total. The Hall–Kier alpha value is -1.85. The molecule has 0 bridgehead atoms. The number of carbonyl (C=O) groups excluding carboxylic acids is 1. The van der Waals surface area contributed by atoms with E-state index >= 15 is 0 Å². The van der Waals surface area contributed by atoms with Crippen molar-refractivity contribution in [1.82, 2.24) is 4.90 Å². The number of furan rings is 1. The highest BCUT2D eigenvalue weighted by Crippen LogP contribution is 2.09. The molecule has 21 heavy (non-hydrogen) atoms. The number of hydrogen-bond acceptors (Lipinski definition) is 6. The van der Waals surface area contributed by atoms with Gasteiger partial charge in [0, 0.05) is 12.8 Å². The average molecular weight is 313 g/mol. The van der Waals surface area contributed by atoms with Gasteiger partial charge in [0.1, 0.15) is 15.6 Å². The van der Waals surface area contributed by atoms with Gasteiger partial charge in [-0.05, 0) is 18.6 Å². The molecule has 0 saturated carbocycles. The van der Waals surface area contributed by atoms with Gasteiger partial charge in [-0.2, -0.15) is 5.26 Å². The molecule has 0 aliphatic heterocycles. The Morgan fingerprint density at radius 2 is 2.29 bits per heavy atom. The van der Waals surface area contributed by atoms with E-state index in [-0.39, 0.29) is 37.6 Å². The molecule has 0 aliphatic rings. The van der Waals surface area contributed by atoms with Crippen molar-refractivity contribution in [3.05, 3.63) is 24.2 Å². The molecule has 0 aromatic carbocycles. The average Bonchev–Trinajstić information content (AvgIpc) is 2.92. The van der Waals surface area contributed by atoms with Gasteiger partial charge < -0.3 is 15.1 Å². The fraction of sp³-hybridized carbons (Fsp3) is 0.538. The van der Waals surface area contributed by atoms with Gasteiger partial charge in [-0.25, -0.2) is 8.42 Å². The molecule has 1 unspecified atom stereocenters. The highest BCUT2D eigenvalue weighted by molar-refractivity contribution is 7.90. The SMILES string of the molecule is CS(=O)(=O)CCC(N)C(=O)N(CCC#N)Cc1ccco1. The van der Waals surface area contributed by atoms with E-state index in [0.29, 0.717) is 5.76 Å². The zero-order valence-electron chi connectivity index (χ0n) is 11.9. The van der Waals surface area contributed by atoms with Crippen LogP contribution in [-0.2, 0) is 21.2 Å². The van der Waals surface area contributed by atoms with Crippen LogP contribution < -0.4 is 5.73 Å². The summed E-state index contributed by atoms with van der Waals surface area (Å²) < 4.78 is 27.4. The number of sulfone groups is 1. The minimum absolute atomic E-state index is 0.0544. The van der Waals surface area contributed by atoms with E-state index in [4.69, 9.17) is 15.4 Å². The fourth-order valence-corrected chi connectivity index (χ4v) is 2.42. The van der Waals surface area contributed by atoms with E-state index in [1.807, 2.05) is 6.07 Å². The van der Waals surface area contributed by atoms with Crippen LogP contribution in [0.5, 0.6) is 0 Å². The second-order valence-electron chi connectivity index (χ2n) is 4.77. The number of carbonyl (C=O) groups is 1. The summed E-state index contributed by atoms with van der Waals surface area (Å²) in [5.41, 5.74) is 5.76. The topological polar surface area (TPSA) is 117 Å². The van der Waals surface area contributed by atoms with E-state index in [1.54, 1.807) is 12.1 Å². The molecule has 1 atom stereocenters. The third kappa shape index (κ3) is 6.42. The predicted octanol–water partition coefficient (Wildman–Crippen LogP) is 0.284. The summed E-state index contributed by atoms with van der Waals surface area (Å²) in [6, 6.07) is 4.47. The number of nitriles is 1. The largest absolute Gasteiger partial charge is 0.467 e. The van der Waals surface area contributed by atoms with Crippen LogP contribution in [0.1, 0.15) is 18.6 Å². The van der Waals surface area contributed by atoms with Crippen molar-refractivity contribution in [2.24, 2.45) is 5.73 Å². The monoisotopic (exact) mass is 313 g/mol. The van der Waals surface area contributed by atoms with Crippen molar-refractivity contribution < 1.29 is 17.6 Å². The van der Waals surface area contributed by atoms with Crippen LogP contribution in [0.15, 0.2) is 22.8 Å². The molecule has 1 aromatic rings. The molecule has 2 N–H and O–H groups in total. The minimum Gasteiger partial charge on any atom is -0.467 e. The van der Waals surface area contributed by atoms with E-state index in [2.05, 4.69) is 0 Å². The Morgan fingerprint density at radius 1 is 1.57 bits per heavy atom. The van der Waals surface area contributed by atoms with Gasteiger partial charge in [0.15, 0.2) is 0 Å². The van der Waals surface area contributed by atoms with Gasteiger partial charge in [0.2, 0.25) is 5.91 Å². The van der Waals surface area contributed by atoms with Crippen molar-refractivity contribution in [3.8, 4) is 6.07 Å². The van der Waals surface area contributed by atoms with Gasteiger partial charge >= 0.3 is 0 Å². The van der Waals surface area contributed by atoms with Crippen LogP contribution in [0, 0.1) is 11.3 Å². The molecule has 0 aliphatic carbocycles. The Labute approximate surface area is 124 Å². The van der Waals surface area contributed by atoms with E-state index < -0.39 is 15.9 Å². The fourth-order valence-electron chi connectivity index (χ4n) is 1.74. The summed E-state index contributed by atoms with van der Waals surface area (Å²) in [6.07, 6.45) is 2.82. The molecular formula is C13H19N3O4S. The van der Waals surface area contributed by atoms with Crippen molar-refractivity contribution in [1.29, 1.82) is 5.26 Å². The Morgan fingerprint density at radius 3 is 2.81 bits per heavy atom. The van der Waals surface area contributed by atoms with Crippen molar-refractivity contribution in [2.45, 2.75) is 25.4 Å². The lowest BCUT2D eigenvalue weighted by molar-refractivity contribution is -0.133. The number of hydrogen-bond donors (Lipinski definition) is 1. The lowest BCUT2D eigenvalue weighted by atomic mass is 10.2. The number of nitrogens with zero attached hydrogens (tertiary/aromatic N) is 2. The second-order valence-corrected chi connectivity index (χ2v) is 7.03. The van der Waals surface area contributed by atoms with Crippen LogP contribution in [0.2, 0.25) is 0 Å². The molecule has 1 aromatic heterocycles. The zero-order chi connectivity index (χ0) is 15.9. The van der Waals surface area contributed by atoms with Gasteiger partial charge in [-0.3, -0.25) is 4.79 Å². The molecule has 8 heteroatoms. The minimum atomic E-state index is -3.17. The van der Waals surface area contributed by atoms with Gasteiger partial charge in [-0.1, -0.05) is 0 Å². The highest BCUT2D eigenvalue weighted by atomic mass is 32.2.